The molecule has 0 radical (unpaired) electrons. The summed E-state index contributed by atoms with van der Waals surface area (Å²) in [6.45, 7) is 0. The van der Waals surface area contributed by atoms with Crippen molar-refractivity contribution in [2.45, 2.75) is 31.4 Å². The van der Waals surface area contributed by atoms with Crippen LogP contribution in [0.1, 0.15) is 19.3 Å². The molecule has 1 aliphatic carbocycles. The van der Waals surface area contributed by atoms with Gasteiger partial charge < -0.3 is 20.9 Å². The normalized spacial score (nSPS) is 20.8. The highest BCUT2D eigenvalue weighted by Crippen LogP contribution is 2.31. The molecule has 22 heavy (non-hydrogen) atoms. The average Bonchev–Trinajstić information content (AvgIpc) is 2.89. The number of nitrogens with two attached hydrogens (primary N) is 1. The quantitative estimate of drug-likeness (QED) is 0.802. The minimum absolute atomic E-state index is 0.150. The van der Waals surface area contributed by atoms with Gasteiger partial charge in [-0.15, -0.1) is 0 Å². The molecule has 116 valence electrons. The molecule has 2 unspecified atom stereocenters. The van der Waals surface area contributed by atoms with Gasteiger partial charge >= 0.3 is 0 Å². The molecule has 0 spiro atoms. The Hall–Kier alpha value is -2.05. The van der Waals surface area contributed by atoms with Gasteiger partial charge in [-0.1, -0.05) is 11.6 Å². The summed E-state index contributed by atoms with van der Waals surface area (Å²) >= 11 is 5.86. The van der Waals surface area contributed by atoms with E-state index in [0.717, 1.165) is 12.8 Å². The molecular formula is C15H17ClN4O2. The first-order valence-electron chi connectivity index (χ1n) is 7.10. The SMILES string of the molecule is Nc1ncc(Oc2ccc(Cl)cc2)c(NC2CCC(O)C2)n1. The molecule has 1 saturated carbocycles. The fourth-order valence-corrected chi connectivity index (χ4v) is 2.60. The van der Waals surface area contributed by atoms with E-state index in [1.54, 1.807) is 24.3 Å². The van der Waals surface area contributed by atoms with E-state index in [-0.39, 0.29) is 18.1 Å². The van der Waals surface area contributed by atoms with Crippen molar-refractivity contribution >= 4 is 23.4 Å². The molecule has 2 aromatic rings. The number of nitrogens with one attached hydrogen (secondary N) is 1. The van der Waals surface area contributed by atoms with E-state index in [1.165, 1.54) is 6.20 Å². The number of hydrogen-bond acceptors (Lipinski definition) is 6. The Morgan fingerprint density at radius 1 is 1.27 bits per heavy atom. The van der Waals surface area contributed by atoms with E-state index in [1.807, 2.05) is 0 Å². The number of nitrogens with zero attached hydrogens (tertiary/aromatic N) is 2. The number of halogens is 1. The second kappa shape index (κ2) is 6.37. The monoisotopic (exact) mass is 320 g/mol. The average molecular weight is 321 g/mol. The molecule has 0 bridgehead atoms. The Balaban J connectivity index is 1.79. The highest BCUT2D eigenvalue weighted by atomic mass is 35.5. The van der Waals surface area contributed by atoms with Crippen LogP contribution in [-0.4, -0.2) is 27.2 Å². The molecule has 2 atom stereocenters. The molecule has 3 rings (SSSR count). The van der Waals surface area contributed by atoms with Gasteiger partial charge in [0.05, 0.1) is 12.3 Å². The Kier molecular flexibility index (Phi) is 4.31. The first kappa shape index (κ1) is 14.9. The molecule has 6 nitrogen and oxygen atoms in total. The lowest BCUT2D eigenvalue weighted by Gasteiger charge is -2.16. The standard InChI is InChI=1S/C15H17ClN4O2/c16-9-1-5-12(6-2-9)22-13-8-18-15(17)20-14(13)19-10-3-4-11(21)7-10/h1-2,5-6,8,10-11,21H,3-4,7H2,(H3,17,18,19,20). The summed E-state index contributed by atoms with van der Waals surface area (Å²) in [7, 11) is 0. The number of aliphatic hydroxyl groups is 1. The van der Waals surface area contributed by atoms with Crippen LogP contribution in [0.3, 0.4) is 0 Å². The maximum absolute atomic E-state index is 9.62. The number of hydrogen-bond donors (Lipinski definition) is 3. The van der Waals surface area contributed by atoms with Gasteiger partial charge in [0.25, 0.3) is 0 Å². The number of benzene rings is 1. The van der Waals surface area contributed by atoms with Crippen LogP contribution in [0.15, 0.2) is 30.5 Å². The Morgan fingerprint density at radius 2 is 2.05 bits per heavy atom. The van der Waals surface area contributed by atoms with Gasteiger partial charge in [0.15, 0.2) is 11.6 Å². The smallest absolute Gasteiger partial charge is 0.222 e. The molecule has 7 heteroatoms. The zero-order chi connectivity index (χ0) is 15.5. The lowest BCUT2D eigenvalue weighted by atomic mass is 10.2. The van der Waals surface area contributed by atoms with Gasteiger partial charge in [-0.2, -0.15) is 4.98 Å². The summed E-state index contributed by atoms with van der Waals surface area (Å²) in [6.07, 6.45) is 3.61. The number of nitrogen functional groups attached to an aromatic ring is 1. The third kappa shape index (κ3) is 3.58. The number of ether oxygens (including phenoxy) is 1. The summed E-state index contributed by atoms with van der Waals surface area (Å²) in [5.74, 6) is 1.82. The molecule has 4 N–H and O–H groups in total. The van der Waals surface area contributed by atoms with Crippen LogP contribution < -0.4 is 15.8 Å². The maximum atomic E-state index is 9.62. The van der Waals surface area contributed by atoms with E-state index in [2.05, 4.69) is 15.3 Å². The number of rotatable bonds is 4. The van der Waals surface area contributed by atoms with E-state index < -0.39 is 0 Å². The van der Waals surface area contributed by atoms with E-state index >= 15 is 0 Å². The summed E-state index contributed by atoms with van der Waals surface area (Å²) in [4.78, 5) is 8.17. The van der Waals surface area contributed by atoms with E-state index in [4.69, 9.17) is 22.1 Å². The van der Waals surface area contributed by atoms with Crippen molar-refractivity contribution in [3.63, 3.8) is 0 Å². The molecule has 1 heterocycles. The highest BCUT2D eigenvalue weighted by Gasteiger charge is 2.24. The van der Waals surface area contributed by atoms with Crippen molar-refractivity contribution in [3.05, 3.63) is 35.5 Å². The van der Waals surface area contributed by atoms with Gasteiger partial charge in [0.2, 0.25) is 5.95 Å². The fourth-order valence-electron chi connectivity index (χ4n) is 2.47. The molecule has 0 amide bonds. The fraction of sp³-hybridized carbons (Fsp3) is 0.333. The molecule has 1 aromatic carbocycles. The predicted molar refractivity (Wildman–Crippen MR) is 85.2 cm³/mol. The van der Waals surface area contributed by atoms with Crippen molar-refractivity contribution in [2.24, 2.45) is 0 Å². The molecular weight excluding hydrogens is 304 g/mol. The third-order valence-corrected chi connectivity index (χ3v) is 3.81. The van der Waals surface area contributed by atoms with Gasteiger partial charge in [-0.05, 0) is 43.5 Å². The van der Waals surface area contributed by atoms with Crippen LogP contribution in [0.5, 0.6) is 11.5 Å². The summed E-state index contributed by atoms with van der Waals surface area (Å²) in [5.41, 5.74) is 5.66. The maximum Gasteiger partial charge on any atom is 0.222 e. The van der Waals surface area contributed by atoms with Crippen LogP contribution in [0.4, 0.5) is 11.8 Å². The molecule has 0 saturated heterocycles. The van der Waals surface area contributed by atoms with Crippen LogP contribution in [-0.2, 0) is 0 Å². The Bertz CT molecular complexity index is 650. The number of aliphatic hydroxyl groups excluding tert-OH is 1. The zero-order valence-corrected chi connectivity index (χ0v) is 12.6. The number of aromatic nitrogens is 2. The van der Waals surface area contributed by atoms with Gasteiger partial charge in [0.1, 0.15) is 5.75 Å². The largest absolute Gasteiger partial charge is 0.452 e. The lowest BCUT2D eigenvalue weighted by molar-refractivity contribution is 0.182. The van der Waals surface area contributed by atoms with E-state index in [0.29, 0.717) is 28.8 Å². The van der Waals surface area contributed by atoms with Crippen LogP contribution in [0.25, 0.3) is 0 Å². The van der Waals surface area contributed by atoms with E-state index in [9.17, 15) is 5.11 Å². The third-order valence-electron chi connectivity index (χ3n) is 3.56. The van der Waals surface area contributed by atoms with Crippen molar-refractivity contribution < 1.29 is 9.84 Å². The second-order valence-electron chi connectivity index (χ2n) is 5.31. The summed E-state index contributed by atoms with van der Waals surface area (Å²) in [6, 6.07) is 7.17. The summed E-state index contributed by atoms with van der Waals surface area (Å²) < 4.78 is 5.79. The first-order valence-corrected chi connectivity index (χ1v) is 7.48. The lowest BCUT2D eigenvalue weighted by Crippen LogP contribution is -2.18. The summed E-state index contributed by atoms with van der Waals surface area (Å²) in [5, 5.41) is 13.5. The van der Waals surface area contributed by atoms with Crippen molar-refractivity contribution in [3.8, 4) is 11.5 Å². The molecule has 0 aliphatic heterocycles. The predicted octanol–water partition coefficient (Wildman–Crippen LogP) is 2.83. The van der Waals surface area contributed by atoms with Gasteiger partial charge in [-0.3, -0.25) is 0 Å². The second-order valence-corrected chi connectivity index (χ2v) is 5.74. The topological polar surface area (TPSA) is 93.3 Å². The zero-order valence-electron chi connectivity index (χ0n) is 11.9. The van der Waals surface area contributed by atoms with Crippen molar-refractivity contribution in [2.75, 3.05) is 11.1 Å². The van der Waals surface area contributed by atoms with Crippen LogP contribution in [0, 0.1) is 0 Å². The minimum atomic E-state index is -0.266. The van der Waals surface area contributed by atoms with Crippen molar-refractivity contribution in [1.82, 2.24) is 9.97 Å². The van der Waals surface area contributed by atoms with Crippen LogP contribution >= 0.6 is 11.6 Å². The molecule has 1 aromatic heterocycles. The molecule has 1 aliphatic rings. The Morgan fingerprint density at radius 3 is 2.73 bits per heavy atom. The number of anilines is 2. The van der Waals surface area contributed by atoms with Crippen LogP contribution in [0.2, 0.25) is 5.02 Å². The van der Waals surface area contributed by atoms with Gasteiger partial charge in [0, 0.05) is 11.1 Å². The first-order chi connectivity index (χ1) is 10.6. The Labute approximate surface area is 133 Å². The molecule has 1 fully saturated rings. The highest BCUT2D eigenvalue weighted by molar-refractivity contribution is 6.30. The van der Waals surface area contributed by atoms with Crippen molar-refractivity contribution in [1.29, 1.82) is 0 Å². The van der Waals surface area contributed by atoms with Gasteiger partial charge in [-0.25, -0.2) is 4.98 Å². The minimum Gasteiger partial charge on any atom is -0.452 e.